The Bertz CT molecular complexity index is 254. The highest BCUT2D eigenvalue weighted by Gasteiger charge is 2.48. The van der Waals surface area contributed by atoms with Crippen LogP contribution in [0.2, 0.25) is 0 Å². The Labute approximate surface area is 106 Å². The van der Waals surface area contributed by atoms with Crippen molar-refractivity contribution in [2.24, 2.45) is 17.6 Å². The molecule has 0 spiro atoms. The number of nitrogens with zero attached hydrogens (tertiary/aromatic N) is 2. The van der Waals surface area contributed by atoms with Crippen LogP contribution in [-0.4, -0.2) is 54.6 Å². The minimum Gasteiger partial charge on any atom is -0.329 e. The third-order valence-corrected chi connectivity index (χ3v) is 4.84. The summed E-state index contributed by atoms with van der Waals surface area (Å²) in [4.78, 5) is 5.30. The average Bonchev–Trinajstić information content (AvgIpc) is 2.72. The van der Waals surface area contributed by atoms with Gasteiger partial charge in [-0.05, 0) is 44.3 Å². The van der Waals surface area contributed by atoms with Crippen molar-refractivity contribution < 1.29 is 0 Å². The zero-order valence-electron chi connectivity index (χ0n) is 11.8. The van der Waals surface area contributed by atoms with E-state index < -0.39 is 0 Å². The van der Waals surface area contributed by atoms with Crippen molar-refractivity contribution in [1.29, 1.82) is 0 Å². The van der Waals surface area contributed by atoms with E-state index >= 15 is 0 Å². The van der Waals surface area contributed by atoms with Gasteiger partial charge in [0.2, 0.25) is 0 Å². The molecule has 2 fully saturated rings. The van der Waals surface area contributed by atoms with Gasteiger partial charge in [0.15, 0.2) is 0 Å². The summed E-state index contributed by atoms with van der Waals surface area (Å²) in [7, 11) is 0. The Morgan fingerprint density at radius 3 is 2.76 bits per heavy atom. The topological polar surface area (TPSA) is 32.5 Å². The van der Waals surface area contributed by atoms with E-state index in [0.717, 1.165) is 24.9 Å². The van der Waals surface area contributed by atoms with E-state index in [1.54, 1.807) is 0 Å². The first-order valence-electron chi connectivity index (χ1n) is 7.30. The molecule has 3 nitrogen and oxygen atoms in total. The van der Waals surface area contributed by atoms with Gasteiger partial charge in [-0.2, -0.15) is 0 Å². The molecule has 2 saturated heterocycles. The molecule has 2 aliphatic heterocycles. The largest absolute Gasteiger partial charge is 0.329 e. The van der Waals surface area contributed by atoms with Crippen LogP contribution in [0.15, 0.2) is 0 Å². The number of hydrogen-bond acceptors (Lipinski definition) is 3. The van der Waals surface area contributed by atoms with Gasteiger partial charge in [0, 0.05) is 25.2 Å². The second-order valence-electron chi connectivity index (χ2n) is 6.28. The zero-order chi connectivity index (χ0) is 12.5. The first kappa shape index (κ1) is 13.3. The monoisotopic (exact) mass is 239 g/mol. The fourth-order valence-corrected chi connectivity index (χ4v) is 3.91. The molecule has 2 heterocycles. The van der Waals surface area contributed by atoms with Crippen LogP contribution in [0.1, 0.15) is 33.6 Å². The van der Waals surface area contributed by atoms with Crippen molar-refractivity contribution in [3.8, 4) is 0 Å². The molecule has 2 aliphatic rings. The summed E-state index contributed by atoms with van der Waals surface area (Å²) in [5, 5.41) is 0. The summed E-state index contributed by atoms with van der Waals surface area (Å²) in [5.41, 5.74) is 6.51. The van der Waals surface area contributed by atoms with Crippen molar-refractivity contribution in [2.75, 3.05) is 39.3 Å². The maximum Gasteiger partial charge on any atom is 0.0384 e. The molecule has 2 rings (SSSR count). The molecule has 0 radical (unpaired) electrons. The van der Waals surface area contributed by atoms with Gasteiger partial charge >= 0.3 is 0 Å². The molecule has 0 saturated carbocycles. The van der Waals surface area contributed by atoms with Crippen molar-refractivity contribution in [2.45, 2.75) is 39.2 Å². The summed E-state index contributed by atoms with van der Waals surface area (Å²) in [6.45, 7) is 13.9. The molecule has 17 heavy (non-hydrogen) atoms. The van der Waals surface area contributed by atoms with E-state index in [-0.39, 0.29) is 0 Å². The van der Waals surface area contributed by atoms with Gasteiger partial charge in [0.1, 0.15) is 0 Å². The molecule has 3 heteroatoms. The van der Waals surface area contributed by atoms with Crippen molar-refractivity contribution >= 4 is 0 Å². The van der Waals surface area contributed by atoms with E-state index in [1.807, 2.05) is 0 Å². The summed E-state index contributed by atoms with van der Waals surface area (Å²) >= 11 is 0. The fourth-order valence-electron chi connectivity index (χ4n) is 3.91. The average molecular weight is 239 g/mol. The third kappa shape index (κ3) is 2.38. The molecule has 0 aliphatic carbocycles. The smallest absolute Gasteiger partial charge is 0.0384 e. The van der Waals surface area contributed by atoms with Crippen LogP contribution in [-0.2, 0) is 0 Å². The van der Waals surface area contributed by atoms with Gasteiger partial charge < -0.3 is 10.6 Å². The van der Waals surface area contributed by atoms with Gasteiger partial charge in [-0.25, -0.2) is 0 Å². The lowest BCUT2D eigenvalue weighted by molar-refractivity contribution is 0.00391. The predicted molar refractivity (Wildman–Crippen MR) is 73.0 cm³/mol. The highest BCUT2D eigenvalue weighted by Crippen LogP contribution is 2.39. The molecule has 3 unspecified atom stereocenters. The number of piperidine rings is 1. The highest BCUT2D eigenvalue weighted by atomic mass is 15.3. The molecule has 0 aromatic rings. The minimum atomic E-state index is 0.298. The Hall–Kier alpha value is -0.120. The maximum atomic E-state index is 6.21. The van der Waals surface area contributed by atoms with Gasteiger partial charge in [0.05, 0.1) is 0 Å². The summed E-state index contributed by atoms with van der Waals surface area (Å²) < 4.78 is 0. The van der Waals surface area contributed by atoms with Crippen LogP contribution < -0.4 is 5.73 Å². The Balaban J connectivity index is 2.16. The van der Waals surface area contributed by atoms with E-state index in [2.05, 4.69) is 30.6 Å². The van der Waals surface area contributed by atoms with Crippen LogP contribution >= 0.6 is 0 Å². The number of fused-ring (bicyclic) bond motifs is 2. The molecule has 3 atom stereocenters. The van der Waals surface area contributed by atoms with E-state index in [4.69, 9.17) is 5.73 Å². The molecule has 0 aromatic carbocycles. The summed E-state index contributed by atoms with van der Waals surface area (Å²) in [5.74, 6) is 1.54. The molecular formula is C14H29N3. The SMILES string of the molecule is CCN(CC(C)C)C1(CN)CCN2CCC1C2. The zero-order valence-corrected chi connectivity index (χ0v) is 11.8. The fraction of sp³-hybridized carbons (Fsp3) is 1.00. The first-order chi connectivity index (χ1) is 8.12. The first-order valence-corrected chi connectivity index (χ1v) is 7.30. The van der Waals surface area contributed by atoms with E-state index in [9.17, 15) is 0 Å². The summed E-state index contributed by atoms with van der Waals surface area (Å²) in [6.07, 6.45) is 2.63. The number of rotatable bonds is 5. The number of likely N-dealkylation sites (N-methyl/N-ethyl adjacent to an activating group) is 1. The van der Waals surface area contributed by atoms with Gasteiger partial charge in [-0.15, -0.1) is 0 Å². The second-order valence-corrected chi connectivity index (χ2v) is 6.28. The molecular weight excluding hydrogens is 210 g/mol. The highest BCUT2D eigenvalue weighted by molar-refractivity contribution is 5.05. The van der Waals surface area contributed by atoms with Crippen molar-refractivity contribution in [1.82, 2.24) is 9.80 Å². The van der Waals surface area contributed by atoms with Crippen LogP contribution in [0.25, 0.3) is 0 Å². The van der Waals surface area contributed by atoms with Gasteiger partial charge in [0.25, 0.3) is 0 Å². The van der Waals surface area contributed by atoms with Crippen molar-refractivity contribution in [3.05, 3.63) is 0 Å². The van der Waals surface area contributed by atoms with Crippen LogP contribution in [0, 0.1) is 11.8 Å². The maximum absolute atomic E-state index is 6.21. The summed E-state index contributed by atoms with van der Waals surface area (Å²) in [6, 6.07) is 0. The van der Waals surface area contributed by atoms with E-state index in [1.165, 1.54) is 39.0 Å². The Morgan fingerprint density at radius 1 is 1.41 bits per heavy atom. The lowest BCUT2D eigenvalue weighted by Crippen LogP contribution is -2.62. The minimum absolute atomic E-state index is 0.298. The molecule has 2 N–H and O–H groups in total. The molecule has 100 valence electrons. The lowest BCUT2D eigenvalue weighted by Gasteiger charge is -2.50. The predicted octanol–water partition coefficient (Wildman–Crippen LogP) is 1.39. The number of nitrogens with two attached hydrogens (primary N) is 1. The second kappa shape index (κ2) is 5.25. The normalized spacial score (nSPS) is 37.1. The Morgan fingerprint density at radius 2 is 2.18 bits per heavy atom. The quantitative estimate of drug-likeness (QED) is 0.787. The molecule has 0 amide bonds. The Kier molecular flexibility index (Phi) is 4.11. The molecule has 0 aromatic heterocycles. The molecule has 2 bridgehead atoms. The van der Waals surface area contributed by atoms with E-state index in [0.29, 0.717) is 5.54 Å². The number of hydrogen-bond donors (Lipinski definition) is 1. The van der Waals surface area contributed by atoms with Gasteiger partial charge in [-0.3, -0.25) is 4.90 Å². The van der Waals surface area contributed by atoms with Gasteiger partial charge in [-0.1, -0.05) is 20.8 Å². The van der Waals surface area contributed by atoms with Crippen LogP contribution in [0.5, 0.6) is 0 Å². The van der Waals surface area contributed by atoms with Crippen LogP contribution in [0.4, 0.5) is 0 Å². The standard InChI is InChI=1S/C14H29N3/c1-4-17(9-12(2)3)14(11-15)6-8-16-7-5-13(14)10-16/h12-13H,4-11,15H2,1-3H3. The third-order valence-electron chi connectivity index (χ3n) is 4.84. The van der Waals surface area contributed by atoms with Crippen molar-refractivity contribution in [3.63, 3.8) is 0 Å². The lowest BCUT2D eigenvalue weighted by atomic mass is 9.77. The van der Waals surface area contributed by atoms with Crippen LogP contribution in [0.3, 0.4) is 0 Å².